The molecule has 16 heavy (non-hydrogen) atoms. The molecule has 0 radical (unpaired) electrons. The molecule has 0 bridgehead atoms. The highest BCUT2D eigenvalue weighted by atomic mass is 16.7. The van der Waals surface area contributed by atoms with Crippen LogP contribution in [0.1, 0.15) is 31.3 Å². The Kier molecular flexibility index (Phi) is 6.08. The van der Waals surface area contributed by atoms with E-state index >= 15 is 0 Å². The molecule has 0 aliphatic carbocycles. The maximum Gasteiger partial charge on any atom is 0.183 e. The molecule has 1 rings (SSSR count). The third kappa shape index (κ3) is 3.93. The van der Waals surface area contributed by atoms with Crippen molar-refractivity contribution in [3.63, 3.8) is 0 Å². The Morgan fingerprint density at radius 2 is 1.88 bits per heavy atom. The molecular weight excluding hydrogens is 202 g/mol. The lowest BCUT2D eigenvalue weighted by atomic mass is 10.1. The Balaban J connectivity index is 2.77. The lowest BCUT2D eigenvalue weighted by molar-refractivity contribution is -0.140. The summed E-state index contributed by atoms with van der Waals surface area (Å²) in [4.78, 5) is 0. The van der Waals surface area contributed by atoms with E-state index in [9.17, 15) is 0 Å². The molecule has 0 amide bonds. The van der Waals surface area contributed by atoms with Crippen molar-refractivity contribution >= 4 is 0 Å². The summed E-state index contributed by atoms with van der Waals surface area (Å²) in [6.45, 7) is 5.89. The highest BCUT2D eigenvalue weighted by molar-refractivity contribution is 5.24. The zero-order valence-electron chi connectivity index (χ0n) is 10.1. The first-order valence-corrected chi connectivity index (χ1v) is 5.83. The molecule has 2 N–H and O–H groups in total. The highest BCUT2D eigenvalue weighted by Gasteiger charge is 2.11. The van der Waals surface area contributed by atoms with Crippen LogP contribution in [0.25, 0.3) is 0 Å². The van der Waals surface area contributed by atoms with Gasteiger partial charge in [-0.1, -0.05) is 24.3 Å². The van der Waals surface area contributed by atoms with E-state index in [1.807, 2.05) is 26.0 Å². The Bertz CT molecular complexity index is 296. The van der Waals surface area contributed by atoms with Gasteiger partial charge in [0.15, 0.2) is 6.29 Å². The first-order valence-electron chi connectivity index (χ1n) is 5.83. The molecule has 3 nitrogen and oxygen atoms in total. The van der Waals surface area contributed by atoms with Crippen LogP contribution in [0.5, 0.6) is 0 Å². The smallest absolute Gasteiger partial charge is 0.183 e. The van der Waals surface area contributed by atoms with Gasteiger partial charge in [-0.2, -0.15) is 0 Å². The molecule has 0 fully saturated rings. The predicted octanol–water partition coefficient (Wildman–Crippen LogP) is 2.26. The van der Waals surface area contributed by atoms with Crippen LogP contribution in [-0.4, -0.2) is 19.8 Å². The zero-order chi connectivity index (χ0) is 11.8. The number of hydrogen-bond donors (Lipinski definition) is 1. The van der Waals surface area contributed by atoms with Crippen molar-refractivity contribution in [1.29, 1.82) is 0 Å². The Morgan fingerprint density at radius 1 is 1.19 bits per heavy atom. The largest absolute Gasteiger partial charge is 0.349 e. The molecule has 0 spiro atoms. The maximum absolute atomic E-state index is 5.55. The Hall–Kier alpha value is -0.900. The van der Waals surface area contributed by atoms with Crippen LogP contribution < -0.4 is 5.73 Å². The van der Waals surface area contributed by atoms with Crippen molar-refractivity contribution in [1.82, 2.24) is 0 Å². The van der Waals surface area contributed by atoms with Crippen molar-refractivity contribution in [2.24, 2.45) is 5.73 Å². The van der Waals surface area contributed by atoms with Gasteiger partial charge < -0.3 is 15.2 Å². The van der Waals surface area contributed by atoms with Crippen molar-refractivity contribution in [2.75, 3.05) is 19.8 Å². The minimum Gasteiger partial charge on any atom is -0.349 e. The minimum absolute atomic E-state index is 0.257. The summed E-state index contributed by atoms with van der Waals surface area (Å²) in [7, 11) is 0. The lowest BCUT2D eigenvalue weighted by Crippen LogP contribution is -2.10. The van der Waals surface area contributed by atoms with Gasteiger partial charge in [0.05, 0.1) is 0 Å². The van der Waals surface area contributed by atoms with E-state index in [0.29, 0.717) is 19.8 Å². The van der Waals surface area contributed by atoms with Crippen molar-refractivity contribution in [3.05, 3.63) is 35.4 Å². The summed E-state index contributed by atoms with van der Waals surface area (Å²) in [5.74, 6) is 0. The molecule has 0 saturated heterocycles. The van der Waals surface area contributed by atoms with Gasteiger partial charge in [0, 0.05) is 18.8 Å². The van der Waals surface area contributed by atoms with Crippen LogP contribution in [0, 0.1) is 0 Å². The van der Waals surface area contributed by atoms with E-state index < -0.39 is 0 Å². The monoisotopic (exact) mass is 223 g/mol. The van der Waals surface area contributed by atoms with E-state index in [1.54, 1.807) is 0 Å². The first-order chi connectivity index (χ1) is 7.81. The SMILES string of the molecule is CCOC(OCC)c1cccc(CCN)c1. The number of nitrogens with two attached hydrogens (primary N) is 1. The van der Waals surface area contributed by atoms with Crippen molar-refractivity contribution in [3.8, 4) is 0 Å². The number of rotatable bonds is 7. The molecule has 1 aromatic carbocycles. The van der Waals surface area contributed by atoms with Crippen molar-refractivity contribution < 1.29 is 9.47 Å². The molecule has 3 heteroatoms. The molecule has 0 aliphatic rings. The second kappa shape index (κ2) is 7.39. The van der Waals surface area contributed by atoms with Gasteiger partial charge in [-0.25, -0.2) is 0 Å². The van der Waals surface area contributed by atoms with Gasteiger partial charge in [0.2, 0.25) is 0 Å². The summed E-state index contributed by atoms with van der Waals surface area (Å²) < 4.78 is 11.1. The van der Waals surface area contributed by atoms with Gasteiger partial charge in [0.1, 0.15) is 0 Å². The zero-order valence-corrected chi connectivity index (χ0v) is 10.1. The summed E-state index contributed by atoms with van der Waals surface area (Å²) >= 11 is 0. The van der Waals surface area contributed by atoms with Gasteiger partial charge in [-0.3, -0.25) is 0 Å². The van der Waals surface area contributed by atoms with Gasteiger partial charge in [0.25, 0.3) is 0 Å². The lowest BCUT2D eigenvalue weighted by Gasteiger charge is -2.17. The average Bonchev–Trinajstić information content (AvgIpc) is 2.30. The van der Waals surface area contributed by atoms with Crippen LogP contribution in [0.2, 0.25) is 0 Å². The molecule has 0 aliphatic heterocycles. The predicted molar refractivity (Wildman–Crippen MR) is 65.2 cm³/mol. The normalized spacial score (nSPS) is 11.0. The quantitative estimate of drug-likeness (QED) is 0.721. The van der Waals surface area contributed by atoms with Gasteiger partial charge >= 0.3 is 0 Å². The fourth-order valence-corrected chi connectivity index (χ4v) is 1.61. The topological polar surface area (TPSA) is 44.5 Å². The van der Waals surface area contributed by atoms with E-state index in [2.05, 4.69) is 12.1 Å². The standard InChI is InChI=1S/C13H21NO2/c1-3-15-13(16-4-2)12-7-5-6-11(10-12)8-9-14/h5-7,10,13H,3-4,8-9,14H2,1-2H3. The van der Waals surface area contributed by atoms with Crippen LogP contribution in [-0.2, 0) is 15.9 Å². The number of ether oxygens (including phenoxy) is 2. The Morgan fingerprint density at radius 3 is 2.44 bits per heavy atom. The van der Waals surface area contributed by atoms with E-state index in [4.69, 9.17) is 15.2 Å². The molecule has 1 aromatic rings. The molecular formula is C13H21NO2. The van der Waals surface area contributed by atoms with Crippen LogP contribution in [0.4, 0.5) is 0 Å². The fraction of sp³-hybridized carbons (Fsp3) is 0.538. The summed E-state index contributed by atoms with van der Waals surface area (Å²) in [6.07, 6.45) is 0.631. The van der Waals surface area contributed by atoms with E-state index in [-0.39, 0.29) is 6.29 Å². The molecule has 90 valence electrons. The second-order valence-corrected chi connectivity index (χ2v) is 3.53. The summed E-state index contributed by atoms with van der Waals surface area (Å²) in [6, 6.07) is 8.22. The summed E-state index contributed by atoms with van der Waals surface area (Å²) in [5, 5.41) is 0. The first kappa shape index (κ1) is 13.2. The Labute approximate surface area is 97.6 Å². The van der Waals surface area contributed by atoms with Crippen molar-refractivity contribution in [2.45, 2.75) is 26.6 Å². The van der Waals surface area contributed by atoms with E-state index in [0.717, 1.165) is 12.0 Å². The molecule has 0 saturated carbocycles. The fourth-order valence-electron chi connectivity index (χ4n) is 1.61. The summed E-state index contributed by atoms with van der Waals surface area (Å²) in [5.41, 5.74) is 7.83. The minimum atomic E-state index is -0.257. The molecule has 0 atom stereocenters. The van der Waals surface area contributed by atoms with E-state index in [1.165, 1.54) is 5.56 Å². The second-order valence-electron chi connectivity index (χ2n) is 3.53. The van der Waals surface area contributed by atoms with Crippen LogP contribution >= 0.6 is 0 Å². The number of hydrogen-bond acceptors (Lipinski definition) is 3. The van der Waals surface area contributed by atoms with Crippen LogP contribution in [0.3, 0.4) is 0 Å². The molecule has 0 aromatic heterocycles. The number of benzene rings is 1. The van der Waals surface area contributed by atoms with Gasteiger partial charge in [-0.05, 0) is 32.4 Å². The molecule has 0 heterocycles. The average molecular weight is 223 g/mol. The maximum atomic E-state index is 5.55. The highest BCUT2D eigenvalue weighted by Crippen LogP contribution is 2.20. The molecule has 0 unspecified atom stereocenters. The van der Waals surface area contributed by atoms with Crippen LogP contribution in [0.15, 0.2) is 24.3 Å². The third-order valence-electron chi connectivity index (χ3n) is 2.29. The third-order valence-corrected chi connectivity index (χ3v) is 2.29. The van der Waals surface area contributed by atoms with Gasteiger partial charge in [-0.15, -0.1) is 0 Å².